The maximum Gasteiger partial charge on any atom is 0.254 e. The highest BCUT2D eigenvalue weighted by Gasteiger charge is 2.42. The summed E-state index contributed by atoms with van der Waals surface area (Å²) in [5.41, 5.74) is 1.17. The third-order valence-corrected chi connectivity index (χ3v) is 6.97. The van der Waals surface area contributed by atoms with Crippen LogP contribution >= 0.6 is 0 Å². The van der Waals surface area contributed by atoms with Gasteiger partial charge in [-0.2, -0.15) is 15.2 Å². The molecule has 1 aliphatic rings. The Bertz CT molecular complexity index is 1390. The molecule has 38 heavy (non-hydrogen) atoms. The molecule has 12 heteroatoms. The minimum Gasteiger partial charge on any atom is -0.380 e. The summed E-state index contributed by atoms with van der Waals surface area (Å²) in [7, 11) is 1.72. The van der Waals surface area contributed by atoms with Crippen LogP contribution in [0.3, 0.4) is 0 Å². The van der Waals surface area contributed by atoms with Crippen molar-refractivity contribution in [1.29, 1.82) is 0 Å². The molecule has 1 atom stereocenters. The van der Waals surface area contributed by atoms with Crippen LogP contribution in [0.25, 0.3) is 5.82 Å². The summed E-state index contributed by atoms with van der Waals surface area (Å²) in [6.45, 7) is 6.67. The Balaban J connectivity index is 1.23. The molecule has 3 N–H and O–H groups in total. The maximum atomic E-state index is 13.4. The smallest absolute Gasteiger partial charge is 0.254 e. The molecule has 0 bridgehead atoms. The maximum absolute atomic E-state index is 13.4. The standard InChI is InChI=1S/C26H32N10O2/c1-17-14-21(30-22-15-18(2)32-33-22)31-25(29-17)35-12-8-26(38,9-13-35)24(37)34(4)19(3)20-6-7-23(27-16-20)36-11-5-10-28-36/h5-7,10-11,14-16,19,38H,8-9,12-13H2,1-4H3,(H2,29,30,31,32,33)/t19-/m0/s1. The molecule has 12 nitrogen and oxygen atoms in total. The second-order valence-corrected chi connectivity index (χ2v) is 9.77. The molecule has 0 saturated carbocycles. The van der Waals surface area contributed by atoms with Crippen LogP contribution in [0.15, 0.2) is 48.9 Å². The Kier molecular flexibility index (Phi) is 6.81. The van der Waals surface area contributed by atoms with Gasteiger partial charge in [0.1, 0.15) is 11.4 Å². The Hall–Kier alpha value is -4.32. The van der Waals surface area contributed by atoms with Gasteiger partial charge in [0.15, 0.2) is 11.6 Å². The zero-order valence-corrected chi connectivity index (χ0v) is 22.0. The number of carbonyl (C=O) groups is 1. The van der Waals surface area contributed by atoms with E-state index in [0.29, 0.717) is 36.5 Å². The van der Waals surface area contributed by atoms with Gasteiger partial charge in [0.2, 0.25) is 5.95 Å². The highest BCUT2D eigenvalue weighted by molar-refractivity contribution is 5.85. The minimum absolute atomic E-state index is 0.261. The molecule has 4 aromatic rings. The van der Waals surface area contributed by atoms with Gasteiger partial charge in [-0.1, -0.05) is 6.07 Å². The molecule has 0 unspecified atom stereocenters. The van der Waals surface area contributed by atoms with Crippen molar-refractivity contribution in [2.45, 2.75) is 45.3 Å². The summed E-state index contributed by atoms with van der Waals surface area (Å²) >= 11 is 0. The molecular formula is C26H32N10O2. The Morgan fingerprint density at radius 3 is 2.61 bits per heavy atom. The van der Waals surface area contributed by atoms with Crippen molar-refractivity contribution in [3.05, 3.63) is 65.9 Å². The summed E-state index contributed by atoms with van der Waals surface area (Å²) in [5, 5.41) is 25.8. The second kappa shape index (κ2) is 10.2. The number of piperidine rings is 1. The molecule has 4 aromatic heterocycles. The molecule has 1 saturated heterocycles. The van der Waals surface area contributed by atoms with Crippen LogP contribution in [0, 0.1) is 13.8 Å². The number of hydrogen-bond donors (Lipinski definition) is 3. The largest absolute Gasteiger partial charge is 0.380 e. The van der Waals surface area contributed by atoms with Crippen LogP contribution < -0.4 is 10.2 Å². The number of aryl methyl sites for hydroxylation is 2. The first-order chi connectivity index (χ1) is 18.2. The second-order valence-electron chi connectivity index (χ2n) is 9.77. The summed E-state index contributed by atoms with van der Waals surface area (Å²) in [6.07, 6.45) is 5.81. The average Bonchev–Trinajstić information content (AvgIpc) is 3.60. The summed E-state index contributed by atoms with van der Waals surface area (Å²) in [6, 6.07) is 9.11. The third kappa shape index (κ3) is 5.21. The number of aromatic nitrogens is 7. The lowest BCUT2D eigenvalue weighted by Gasteiger charge is -2.40. The van der Waals surface area contributed by atoms with Crippen molar-refractivity contribution in [2.24, 2.45) is 0 Å². The van der Waals surface area contributed by atoms with Gasteiger partial charge >= 0.3 is 0 Å². The van der Waals surface area contributed by atoms with Crippen molar-refractivity contribution in [3.63, 3.8) is 0 Å². The van der Waals surface area contributed by atoms with Gasteiger partial charge < -0.3 is 20.2 Å². The number of rotatable bonds is 7. The van der Waals surface area contributed by atoms with Crippen molar-refractivity contribution in [3.8, 4) is 5.82 Å². The molecular weight excluding hydrogens is 484 g/mol. The number of aromatic amines is 1. The predicted octanol–water partition coefficient (Wildman–Crippen LogP) is 2.69. The van der Waals surface area contributed by atoms with E-state index in [4.69, 9.17) is 0 Å². The fourth-order valence-corrected chi connectivity index (χ4v) is 4.57. The van der Waals surface area contributed by atoms with Gasteiger partial charge in [-0.3, -0.25) is 9.89 Å². The van der Waals surface area contributed by atoms with Crippen molar-refractivity contribution in [2.75, 3.05) is 30.4 Å². The fraction of sp³-hybridized carbons (Fsp3) is 0.385. The van der Waals surface area contributed by atoms with E-state index in [1.54, 1.807) is 29.0 Å². The van der Waals surface area contributed by atoms with Crippen LogP contribution in [0.2, 0.25) is 0 Å². The number of anilines is 3. The van der Waals surface area contributed by atoms with E-state index in [-0.39, 0.29) is 24.8 Å². The zero-order valence-electron chi connectivity index (χ0n) is 22.0. The Labute approximate surface area is 220 Å². The van der Waals surface area contributed by atoms with E-state index in [2.05, 4.69) is 35.6 Å². The SMILES string of the molecule is Cc1cc(Nc2cc(C)[nH]n2)nc(N2CCC(O)(C(=O)N(C)[C@@H](C)c3ccc(-n4cccn4)nc3)CC2)n1. The number of nitrogens with one attached hydrogen (secondary N) is 2. The van der Waals surface area contributed by atoms with Gasteiger partial charge in [0.05, 0.1) is 6.04 Å². The van der Waals surface area contributed by atoms with E-state index in [1.165, 1.54) is 0 Å². The number of amides is 1. The van der Waals surface area contributed by atoms with Crippen LogP contribution in [0.5, 0.6) is 0 Å². The monoisotopic (exact) mass is 516 g/mol. The van der Waals surface area contributed by atoms with Gasteiger partial charge in [-0.05, 0) is 38.5 Å². The first kappa shape index (κ1) is 25.3. The first-order valence-corrected chi connectivity index (χ1v) is 12.6. The van der Waals surface area contributed by atoms with Gasteiger partial charge in [-0.25, -0.2) is 14.6 Å². The first-order valence-electron chi connectivity index (χ1n) is 12.6. The number of likely N-dealkylation sites (N-methyl/N-ethyl adjacent to an activating group) is 1. The summed E-state index contributed by atoms with van der Waals surface area (Å²) < 4.78 is 1.68. The quantitative estimate of drug-likeness (QED) is 0.338. The molecule has 0 radical (unpaired) electrons. The predicted molar refractivity (Wildman–Crippen MR) is 142 cm³/mol. The van der Waals surface area contributed by atoms with Crippen molar-refractivity contribution >= 4 is 23.5 Å². The van der Waals surface area contributed by atoms with Crippen LogP contribution in [0.1, 0.15) is 42.8 Å². The Morgan fingerprint density at radius 2 is 1.97 bits per heavy atom. The lowest BCUT2D eigenvalue weighted by molar-refractivity contribution is -0.154. The van der Waals surface area contributed by atoms with Gasteiger partial charge in [0, 0.05) is 75.1 Å². The van der Waals surface area contributed by atoms with Crippen molar-refractivity contribution < 1.29 is 9.90 Å². The molecule has 198 valence electrons. The zero-order chi connectivity index (χ0) is 26.9. The summed E-state index contributed by atoms with van der Waals surface area (Å²) in [5.74, 6) is 2.26. The fourth-order valence-electron chi connectivity index (χ4n) is 4.57. The number of nitrogens with zero attached hydrogens (tertiary/aromatic N) is 8. The molecule has 0 spiro atoms. The lowest BCUT2D eigenvalue weighted by atomic mass is 9.89. The van der Waals surface area contributed by atoms with Crippen molar-refractivity contribution in [1.82, 2.24) is 39.8 Å². The van der Waals surface area contributed by atoms with Crippen LogP contribution in [0.4, 0.5) is 17.6 Å². The highest BCUT2D eigenvalue weighted by atomic mass is 16.3. The summed E-state index contributed by atoms with van der Waals surface area (Å²) in [4.78, 5) is 30.7. The Morgan fingerprint density at radius 1 is 1.18 bits per heavy atom. The number of carbonyl (C=O) groups excluding carboxylic acids is 1. The third-order valence-electron chi connectivity index (χ3n) is 6.97. The average molecular weight is 517 g/mol. The lowest BCUT2D eigenvalue weighted by Crippen LogP contribution is -2.54. The van der Waals surface area contributed by atoms with E-state index in [0.717, 1.165) is 17.0 Å². The molecule has 0 aliphatic carbocycles. The van der Waals surface area contributed by atoms with E-state index in [9.17, 15) is 9.90 Å². The van der Waals surface area contributed by atoms with Crippen LogP contribution in [-0.2, 0) is 4.79 Å². The normalized spacial score (nSPS) is 15.8. The van der Waals surface area contributed by atoms with E-state index in [1.807, 2.05) is 62.2 Å². The number of hydrogen-bond acceptors (Lipinski definition) is 9. The van der Waals surface area contributed by atoms with Gasteiger partial charge in [-0.15, -0.1) is 0 Å². The minimum atomic E-state index is -1.46. The van der Waals surface area contributed by atoms with E-state index < -0.39 is 5.60 Å². The molecule has 5 heterocycles. The van der Waals surface area contributed by atoms with Crippen LogP contribution in [-0.4, -0.2) is 76.6 Å². The number of pyridine rings is 1. The topological polar surface area (TPSA) is 141 Å². The molecule has 1 aliphatic heterocycles. The molecule has 1 fully saturated rings. The van der Waals surface area contributed by atoms with E-state index >= 15 is 0 Å². The van der Waals surface area contributed by atoms with Gasteiger partial charge in [0.25, 0.3) is 5.91 Å². The molecule has 1 amide bonds. The number of aliphatic hydroxyl groups is 1. The molecule has 5 rings (SSSR count). The highest BCUT2D eigenvalue weighted by Crippen LogP contribution is 2.30. The molecule has 0 aromatic carbocycles. The number of H-pyrrole nitrogens is 1.